The molecule has 1 unspecified atom stereocenters. The van der Waals surface area contributed by atoms with Gasteiger partial charge in [0.25, 0.3) is 0 Å². The first-order valence-corrected chi connectivity index (χ1v) is 11.9. The van der Waals surface area contributed by atoms with Gasteiger partial charge < -0.3 is 15.4 Å². The molecule has 0 aliphatic carbocycles. The van der Waals surface area contributed by atoms with E-state index in [9.17, 15) is 4.79 Å². The smallest absolute Gasteiger partial charge is 0.313 e. The highest BCUT2D eigenvalue weighted by atomic mass is 35.5. The summed E-state index contributed by atoms with van der Waals surface area (Å²) in [4.78, 5) is 20.6. The quantitative estimate of drug-likeness (QED) is 0.638. The summed E-state index contributed by atoms with van der Waals surface area (Å²) < 4.78 is 5.44. The predicted octanol–water partition coefficient (Wildman–Crippen LogP) is 3.29. The molecule has 3 N–H and O–H groups in total. The Morgan fingerprint density at radius 2 is 1.97 bits per heavy atom. The number of benzene rings is 1. The fourth-order valence-corrected chi connectivity index (χ4v) is 5.22. The van der Waals surface area contributed by atoms with Gasteiger partial charge in [-0.05, 0) is 63.6 Å². The molecule has 0 saturated carbocycles. The summed E-state index contributed by atoms with van der Waals surface area (Å²) in [7, 11) is 0. The molecule has 2 aromatic rings. The van der Waals surface area contributed by atoms with Gasteiger partial charge in [0, 0.05) is 36.7 Å². The maximum Gasteiger partial charge on any atom is 0.313 e. The lowest BCUT2D eigenvalue weighted by atomic mass is 9.77. The molecule has 8 nitrogen and oxygen atoms in total. The van der Waals surface area contributed by atoms with E-state index in [0.29, 0.717) is 24.6 Å². The first-order chi connectivity index (χ1) is 15.4. The fourth-order valence-electron chi connectivity index (χ4n) is 5.09. The molecule has 9 heteroatoms. The number of carbonyl (C=O) groups is 1. The van der Waals surface area contributed by atoms with Crippen molar-refractivity contribution in [3.63, 3.8) is 0 Å². The number of likely N-dealkylation sites (tertiary alicyclic amines) is 1. The van der Waals surface area contributed by atoms with Crippen molar-refractivity contribution in [2.45, 2.75) is 58.0 Å². The summed E-state index contributed by atoms with van der Waals surface area (Å²) >= 11 is 6.09. The van der Waals surface area contributed by atoms with E-state index in [1.54, 1.807) is 0 Å². The topological polar surface area (TPSA) is 100 Å². The fraction of sp³-hybridized carbons (Fsp3) is 0.609. The van der Waals surface area contributed by atoms with E-state index in [-0.39, 0.29) is 5.97 Å². The Bertz CT molecular complexity index is 911. The number of nitrogen functional groups attached to an aromatic ring is 1. The second-order valence-electron chi connectivity index (χ2n) is 9.23. The maximum atomic E-state index is 12.8. The van der Waals surface area contributed by atoms with Gasteiger partial charge in [-0.25, -0.2) is 0 Å². The summed E-state index contributed by atoms with van der Waals surface area (Å²) in [6.45, 7) is 6.82. The standard InChI is InChI=1S/C23H33ClN6O2/c1-3-32-20(31)23(2)11-8-19(14-16-4-6-17(24)7-5-16)30(15-23)18-9-12-29(13-10-18)22-26-21(25)27-28-22/h4-7,18-19H,3,8-15H2,1-2H3,(H3,25,26,27,28)/t19?,23-/m1/s1. The number of hydrogen-bond acceptors (Lipinski definition) is 7. The molecule has 1 aromatic heterocycles. The number of ether oxygens (including phenoxy) is 1. The number of rotatable bonds is 6. The minimum atomic E-state index is -0.469. The number of H-pyrrole nitrogens is 1. The Kier molecular flexibility index (Phi) is 6.90. The number of anilines is 2. The van der Waals surface area contributed by atoms with Gasteiger partial charge in [0.15, 0.2) is 0 Å². The Balaban J connectivity index is 1.49. The molecule has 4 rings (SSSR count). The average molecular weight is 461 g/mol. The Morgan fingerprint density at radius 1 is 1.25 bits per heavy atom. The van der Waals surface area contributed by atoms with Crippen molar-refractivity contribution in [2.24, 2.45) is 5.41 Å². The average Bonchev–Trinajstić information content (AvgIpc) is 3.23. The molecule has 174 valence electrons. The van der Waals surface area contributed by atoms with Crippen molar-refractivity contribution in [3.8, 4) is 0 Å². The molecular formula is C23H33ClN6O2. The summed E-state index contributed by atoms with van der Waals surface area (Å²) in [6, 6.07) is 8.91. The van der Waals surface area contributed by atoms with Crippen LogP contribution in [-0.4, -0.2) is 64.4 Å². The monoisotopic (exact) mass is 460 g/mol. The number of aromatic amines is 1. The number of carbonyl (C=O) groups excluding carboxylic acids is 1. The second kappa shape index (κ2) is 9.67. The van der Waals surface area contributed by atoms with Gasteiger partial charge >= 0.3 is 5.97 Å². The van der Waals surface area contributed by atoms with Gasteiger partial charge in [0.05, 0.1) is 12.0 Å². The number of nitrogens with one attached hydrogen (secondary N) is 1. The van der Waals surface area contributed by atoms with Crippen LogP contribution in [0.5, 0.6) is 0 Å². The number of esters is 1. The van der Waals surface area contributed by atoms with Crippen LogP contribution in [0.3, 0.4) is 0 Å². The van der Waals surface area contributed by atoms with Crippen molar-refractivity contribution in [1.29, 1.82) is 0 Å². The van der Waals surface area contributed by atoms with E-state index < -0.39 is 5.41 Å². The van der Waals surface area contributed by atoms with Gasteiger partial charge in [-0.1, -0.05) is 23.7 Å². The van der Waals surface area contributed by atoms with Crippen LogP contribution in [0, 0.1) is 5.41 Å². The highest BCUT2D eigenvalue weighted by molar-refractivity contribution is 6.30. The zero-order valence-electron chi connectivity index (χ0n) is 18.9. The van der Waals surface area contributed by atoms with E-state index in [1.165, 1.54) is 5.56 Å². The molecule has 3 heterocycles. The Hall–Kier alpha value is -2.32. The van der Waals surface area contributed by atoms with Gasteiger partial charge in [0.2, 0.25) is 11.9 Å². The summed E-state index contributed by atoms with van der Waals surface area (Å²) in [5.41, 5.74) is 6.50. The Labute approximate surface area is 194 Å². The third kappa shape index (κ3) is 5.02. The van der Waals surface area contributed by atoms with Crippen LogP contribution in [0.4, 0.5) is 11.9 Å². The number of nitrogens with zero attached hydrogens (tertiary/aromatic N) is 4. The summed E-state index contributed by atoms with van der Waals surface area (Å²) in [5, 5.41) is 8.77. The number of nitrogens with two attached hydrogens (primary N) is 1. The molecule has 1 aromatic carbocycles. The summed E-state index contributed by atoms with van der Waals surface area (Å²) in [5.74, 6) is 0.990. The molecule has 0 amide bonds. The van der Waals surface area contributed by atoms with Gasteiger partial charge in [0.1, 0.15) is 0 Å². The number of aromatic nitrogens is 3. The molecule has 0 spiro atoms. The van der Waals surface area contributed by atoms with Crippen LogP contribution < -0.4 is 10.6 Å². The molecule has 2 saturated heterocycles. The highest BCUT2D eigenvalue weighted by Gasteiger charge is 2.45. The van der Waals surface area contributed by atoms with Gasteiger partial charge in [-0.2, -0.15) is 0 Å². The van der Waals surface area contributed by atoms with Crippen LogP contribution in [0.15, 0.2) is 24.3 Å². The zero-order chi connectivity index (χ0) is 22.7. The molecule has 2 aliphatic heterocycles. The van der Waals surface area contributed by atoms with Gasteiger partial charge in [-0.3, -0.25) is 14.7 Å². The van der Waals surface area contributed by atoms with Crippen molar-refractivity contribution in [3.05, 3.63) is 34.9 Å². The van der Waals surface area contributed by atoms with Crippen LogP contribution in [0.2, 0.25) is 5.02 Å². The van der Waals surface area contributed by atoms with Crippen molar-refractivity contribution < 1.29 is 9.53 Å². The van der Waals surface area contributed by atoms with Crippen molar-refractivity contribution in [2.75, 3.05) is 36.9 Å². The lowest BCUT2D eigenvalue weighted by Crippen LogP contribution is -2.57. The molecule has 2 atom stereocenters. The van der Waals surface area contributed by atoms with Crippen LogP contribution in [-0.2, 0) is 16.0 Å². The van der Waals surface area contributed by atoms with E-state index in [0.717, 1.165) is 62.7 Å². The molecular weight excluding hydrogens is 428 g/mol. The molecule has 0 bridgehead atoms. The van der Waals surface area contributed by atoms with Crippen LogP contribution in [0.25, 0.3) is 0 Å². The minimum Gasteiger partial charge on any atom is -0.466 e. The minimum absolute atomic E-state index is 0.0792. The van der Waals surface area contributed by atoms with Crippen LogP contribution in [0.1, 0.15) is 45.1 Å². The second-order valence-corrected chi connectivity index (χ2v) is 9.67. The van der Waals surface area contributed by atoms with Crippen LogP contribution >= 0.6 is 11.6 Å². The number of halogens is 1. The number of hydrogen-bond donors (Lipinski definition) is 2. The third-order valence-electron chi connectivity index (χ3n) is 6.91. The van der Waals surface area contributed by atoms with Crippen molar-refractivity contribution in [1.82, 2.24) is 20.1 Å². The van der Waals surface area contributed by atoms with E-state index in [1.807, 2.05) is 19.1 Å². The molecule has 2 fully saturated rings. The number of piperidine rings is 2. The lowest BCUT2D eigenvalue weighted by Gasteiger charge is -2.49. The Morgan fingerprint density at radius 3 is 2.59 bits per heavy atom. The van der Waals surface area contributed by atoms with E-state index in [4.69, 9.17) is 22.1 Å². The SMILES string of the molecule is CCOC(=O)[C@]1(C)CCC(Cc2ccc(Cl)cc2)N(C2CCN(c3nnc(N)[nH]3)CC2)C1. The normalized spacial score (nSPS) is 25.1. The zero-order valence-corrected chi connectivity index (χ0v) is 19.6. The molecule has 0 radical (unpaired) electrons. The molecule has 32 heavy (non-hydrogen) atoms. The van der Waals surface area contributed by atoms with Crippen molar-refractivity contribution >= 4 is 29.5 Å². The summed E-state index contributed by atoms with van der Waals surface area (Å²) in [6.07, 6.45) is 4.76. The highest BCUT2D eigenvalue weighted by Crippen LogP contribution is 2.38. The van der Waals surface area contributed by atoms with E-state index in [2.05, 4.69) is 44.0 Å². The largest absolute Gasteiger partial charge is 0.466 e. The van der Waals surface area contributed by atoms with Gasteiger partial charge in [-0.15, -0.1) is 10.2 Å². The third-order valence-corrected chi connectivity index (χ3v) is 7.16. The molecule has 2 aliphatic rings. The lowest BCUT2D eigenvalue weighted by molar-refractivity contribution is -0.160. The predicted molar refractivity (Wildman–Crippen MR) is 126 cm³/mol. The first-order valence-electron chi connectivity index (χ1n) is 11.5. The first kappa shape index (κ1) is 22.9. The maximum absolute atomic E-state index is 12.8. The van der Waals surface area contributed by atoms with E-state index >= 15 is 0 Å².